The van der Waals surface area contributed by atoms with Crippen LogP contribution in [0.2, 0.25) is 39.3 Å². The van der Waals surface area contributed by atoms with Gasteiger partial charge in [0, 0.05) is 39.5 Å². The largest absolute Gasteiger partial charge is 0.310 e. The summed E-state index contributed by atoms with van der Waals surface area (Å²) in [4.78, 5) is 4.90. The molecule has 0 radical (unpaired) electrons. The summed E-state index contributed by atoms with van der Waals surface area (Å²) >= 11 is 0. The van der Waals surface area contributed by atoms with Crippen LogP contribution >= 0.6 is 0 Å². The molecule has 2 aliphatic rings. The van der Waals surface area contributed by atoms with Crippen molar-refractivity contribution in [2.75, 3.05) is 9.80 Å². The summed E-state index contributed by atoms with van der Waals surface area (Å²) in [6.45, 7) is 19.0. The molecule has 1 spiro atoms. The van der Waals surface area contributed by atoms with E-state index >= 15 is 0 Å². The van der Waals surface area contributed by atoms with Crippen LogP contribution in [-0.2, 0) is 18.3 Å². The van der Waals surface area contributed by atoms with Crippen LogP contribution in [0.3, 0.4) is 0 Å². The van der Waals surface area contributed by atoms with E-state index < -0.39 is 16.1 Å². The molecule has 2 nitrogen and oxygen atoms in total. The number of hydrogen-bond donors (Lipinski definition) is 0. The molecule has 4 heteroatoms. The Balaban J connectivity index is 0.736. The number of hydrogen-bond acceptors (Lipinski definition) is 2. The molecule has 0 saturated heterocycles. The van der Waals surface area contributed by atoms with Crippen molar-refractivity contribution in [2.45, 2.75) is 84.2 Å². The van der Waals surface area contributed by atoms with E-state index in [1.54, 1.807) is 0 Å². The van der Waals surface area contributed by atoms with Crippen molar-refractivity contribution in [1.29, 1.82) is 0 Å². The average molecular weight is 1340 g/mol. The number of nitrogens with zero attached hydrogens (tertiary/aromatic N) is 2. The highest BCUT2D eigenvalue weighted by Crippen LogP contribution is 2.54. The van der Waals surface area contributed by atoms with Gasteiger partial charge in [0.15, 0.2) is 0 Å². The summed E-state index contributed by atoms with van der Waals surface area (Å²) in [5.74, 6) is 0. The molecule has 492 valence electrons. The molecular formula is C97H86N2Si2. The summed E-state index contributed by atoms with van der Waals surface area (Å²) < 4.78 is 0. The predicted molar refractivity (Wildman–Crippen MR) is 439 cm³/mol. The normalized spacial score (nSPS) is 13.1. The van der Waals surface area contributed by atoms with Crippen LogP contribution in [0.4, 0.5) is 34.1 Å². The van der Waals surface area contributed by atoms with Gasteiger partial charge in [-0.2, -0.15) is 0 Å². The monoisotopic (exact) mass is 1330 g/mol. The van der Waals surface area contributed by atoms with Gasteiger partial charge in [-0.15, -0.1) is 0 Å². The molecule has 0 heterocycles. The van der Waals surface area contributed by atoms with Gasteiger partial charge in [0.1, 0.15) is 0 Å². The Kier molecular flexibility index (Phi) is 17.1. The maximum Gasteiger partial charge on any atom is 0.0775 e. The van der Waals surface area contributed by atoms with Gasteiger partial charge in [0.05, 0.1) is 16.1 Å². The quantitative estimate of drug-likeness (QED) is 0.0890. The molecular weight excluding hydrogens is 1250 g/mol. The van der Waals surface area contributed by atoms with Crippen LogP contribution < -0.4 is 20.2 Å². The number of benzene rings is 14. The zero-order valence-electron chi connectivity index (χ0n) is 59.4. The van der Waals surface area contributed by atoms with E-state index in [9.17, 15) is 0 Å². The lowest BCUT2D eigenvalue weighted by molar-refractivity contribution is 0.507. The number of anilines is 6. The van der Waals surface area contributed by atoms with Crippen LogP contribution in [0.1, 0.15) is 46.2 Å². The van der Waals surface area contributed by atoms with Crippen LogP contribution in [0.5, 0.6) is 0 Å². The molecule has 0 bridgehead atoms. The standard InChI is InChI=1S/C97H86N2Si2/c1-67-57-85(63-91(59-67)98(87-41-29-71(30-42-87)73-37-49-93(50-38-73)100(3,4)5)89-45-33-75(34-46-89)81-23-15-21-79(61-81)69-17-11-9-12-18-69)83-27-25-77-53-55-97(95(77)65-83)56-54-78-26-28-84(66-96(78)97)86-58-68(2)60-92(64-86)99(88-43-31-72(32-44-88)74-39-51-94(52-40-74)101(6,7)8)90-47-35-76(36-48-90)82-24-16-22-80(62-82)70-19-13-10-14-20-70/h9-52,57-66H,53-56H2,1-8H3. The van der Waals surface area contributed by atoms with Gasteiger partial charge in [0.2, 0.25) is 0 Å². The highest BCUT2D eigenvalue weighted by Gasteiger charge is 2.45. The van der Waals surface area contributed by atoms with Gasteiger partial charge < -0.3 is 9.80 Å². The molecule has 14 aromatic carbocycles. The van der Waals surface area contributed by atoms with Crippen molar-refractivity contribution in [1.82, 2.24) is 0 Å². The van der Waals surface area contributed by atoms with Crippen molar-refractivity contribution < 1.29 is 0 Å². The Morgan fingerprint density at radius 3 is 0.812 bits per heavy atom. The fourth-order valence-electron chi connectivity index (χ4n) is 15.9. The van der Waals surface area contributed by atoms with E-state index in [-0.39, 0.29) is 5.41 Å². The minimum Gasteiger partial charge on any atom is -0.310 e. The molecule has 0 aromatic heterocycles. The van der Waals surface area contributed by atoms with Crippen LogP contribution in [0, 0.1) is 13.8 Å². The summed E-state index contributed by atoms with van der Waals surface area (Å²) in [5, 5.41) is 2.95. The second kappa shape index (κ2) is 26.7. The molecule has 0 atom stereocenters. The van der Waals surface area contributed by atoms with Gasteiger partial charge in [-0.1, -0.05) is 280 Å². The van der Waals surface area contributed by atoms with E-state index in [1.807, 2.05) is 0 Å². The summed E-state index contributed by atoms with van der Waals surface area (Å²) in [6, 6.07) is 124. The second-order valence-electron chi connectivity index (χ2n) is 30.3. The molecule has 0 unspecified atom stereocenters. The van der Waals surface area contributed by atoms with Crippen molar-refractivity contribution in [2.24, 2.45) is 0 Å². The van der Waals surface area contributed by atoms with E-state index in [0.717, 1.165) is 59.8 Å². The summed E-state index contributed by atoms with van der Waals surface area (Å²) in [7, 11) is -2.86. The minimum atomic E-state index is -1.43. The van der Waals surface area contributed by atoms with Crippen LogP contribution in [0.15, 0.2) is 328 Å². The van der Waals surface area contributed by atoms with Crippen LogP contribution in [-0.4, -0.2) is 16.1 Å². The first-order valence-electron chi connectivity index (χ1n) is 36.1. The third kappa shape index (κ3) is 13.1. The Morgan fingerprint density at radius 1 is 0.228 bits per heavy atom. The molecule has 0 amide bonds. The van der Waals surface area contributed by atoms with Crippen molar-refractivity contribution in [3.63, 3.8) is 0 Å². The second-order valence-corrected chi connectivity index (χ2v) is 40.5. The lowest BCUT2D eigenvalue weighted by Gasteiger charge is -2.29. The van der Waals surface area contributed by atoms with Crippen molar-refractivity contribution in [3.8, 4) is 89.0 Å². The Labute approximate surface area is 600 Å². The van der Waals surface area contributed by atoms with Gasteiger partial charge in [-0.05, 0) is 259 Å². The fourth-order valence-corrected chi connectivity index (χ4v) is 18.2. The molecule has 16 rings (SSSR count). The molecule has 0 saturated carbocycles. The van der Waals surface area contributed by atoms with Crippen molar-refractivity contribution in [3.05, 3.63) is 361 Å². The highest BCUT2D eigenvalue weighted by atomic mass is 28.3. The SMILES string of the molecule is Cc1cc(-c2ccc3c(c2)C2(CC3)CCc3ccc(-c4cc(C)cc(N(c5ccc(-c6ccc([Si](C)(C)C)cc6)cc5)c5ccc(-c6cccc(-c7ccccc7)c6)cc5)c4)cc32)cc(N(c2ccc(-c3ccc([Si](C)(C)C)cc3)cc2)c2ccc(-c3cccc(-c4ccccc4)c3)cc2)c1. The number of fused-ring (bicyclic) bond motifs is 4. The third-order valence-electron chi connectivity index (χ3n) is 21.5. The topological polar surface area (TPSA) is 6.48 Å². The Morgan fingerprint density at radius 2 is 0.495 bits per heavy atom. The Hall–Kier alpha value is -10.9. The fraction of sp³-hybridized carbons (Fsp3) is 0.134. The van der Waals surface area contributed by atoms with E-state index in [0.29, 0.717) is 0 Å². The first-order valence-corrected chi connectivity index (χ1v) is 43.1. The summed E-state index contributed by atoms with van der Waals surface area (Å²) in [6.07, 6.45) is 4.36. The smallest absolute Gasteiger partial charge is 0.0775 e. The molecule has 2 aliphatic carbocycles. The molecule has 101 heavy (non-hydrogen) atoms. The van der Waals surface area contributed by atoms with E-state index in [4.69, 9.17) is 0 Å². The lowest BCUT2D eigenvalue weighted by atomic mass is 9.75. The molecule has 0 fully saturated rings. The molecule has 14 aromatic rings. The third-order valence-corrected chi connectivity index (χ3v) is 25.6. The summed E-state index contributed by atoms with van der Waals surface area (Å²) in [5.41, 5.74) is 34.6. The lowest BCUT2D eigenvalue weighted by Crippen LogP contribution is -2.37. The van der Waals surface area contributed by atoms with Gasteiger partial charge in [0.25, 0.3) is 0 Å². The first kappa shape index (κ1) is 64.8. The molecule has 0 aliphatic heterocycles. The highest BCUT2D eigenvalue weighted by molar-refractivity contribution is 6.89. The van der Waals surface area contributed by atoms with Gasteiger partial charge in [-0.3, -0.25) is 0 Å². The number of rotatable bonds is 16. The first-order chi connectivity index (χ1) is 49.0. The van der Waals surface area contributed by atoms with Crippen LogP contribution in [0.25, 0.3) is 89.0 Å². The van der Waals surface area contributed by atoms with E-state index in [1.165, 1.54) is 133 Å². The maximum atomic E-state index is 2.58. The minimum absolute atomic E-state index is 0.0771. The van der Waals surface area contributed by atoms with Gasteiger partial charge in [-0.25, -0.2) is 0 Å². The van der Waals surface area contributed by atoms with Gasteiger partial charge >= 0.3 is 0 Å². The van der Waals surface area contributed by atoms with E-state index in [2.05, 4.69) is 391 Å². The molecule has 0 N–H and O–H groups in total. The predicted octanol–water partition coefficient (Wildman–Crippen LogP) is 25.8. The number of aryl methyl sites for hydroxylation is 4. The Bertz CT molecular complexity index is 5000. The average Bonchev–Trinajstić information content (AvgIpc) is 1.58. The maximum absolute atomic E-state index is 2.58. The zero-order valence-corrected chi connectivity index (χ0v) is 61.4. The zero-order chi connectivity index (χ0) is 69.0. The van der Waals surface area contributed by atoms with Crippen molar-refractivity contribution >= 4 is 60.6 Å².